The van der Waals surface area contributed by atoms with E-state index in [1.165, 1.54) is 11.1 Å². The molecule has 0 amide bonds. The molecule has 2 rings (SSSR count). The maximum absolute atomic E-state index is 3.58. The van der Waals surface area contributed by atoms with Crippen molar-refractivity contribution in [1.29, 1.82) is 0 Å². The van der Waals surface area contributed by atoms with E-state index in [1.807, 2.05) is 0 Å². The Morgan fingerprint density at radius 1 is 0.556 bits per heavy atom. The molecule has 0 aromatic rings. The number of hydrogen-bond acceptors (Lipinski definition) is 0. The molecule has 154 valence electrons. The normalized spacial score (nSPS) is 22.7. The van der Waals surface area contributed by atoms with Gasteiger partial charge in [0.05, 0.1) is 0 Å². The van der Waals surface area contributed by atoms with Gasteiger partial charge in [0.2, 0.25) is 0 Å². The zero-order valence-electron chi connectivity index (χ0n) is 19.8. The van der Waals surface area contributed by atoms with Crippen LogP contribution in [0.25, 0.3) is 0 Å². The zero-order valence-corrected chi connectivity index (χ0v) is 20.9. The van der Waals surface area contributed by atoms with Crippen LogP contribution in [0.4, 0.5) is 0 Å². The SMILES string of the molecule is CC(C)(C)C1=[C-]C(C(C)(C)C)C=C1.CC(C)(C)C1=[C-]C(C(C)(C)C)C=C1.[Fe+2]. The van der Waals surface area contributed by atoms with Gasteiger partial charge >= 0.3 is 17.1 Å². The molecular weight excluding hydrogens is 368 g/mol. The van der Waals surface area contributed by atoms with E-state index in [-0.39, 0.29) is 27.9 Å². The summed E-state index contributed by atoms with van der Waals surface area (Å²) in [5, 5.41) is 0. The zero-order chi connectivity index (χ0) is 20.6. The van der Waals surface area contributed by atoms with Gasteiger partial charge in [-0.05, 0) is 21.7 Å². The van der Waals surface area contributed by atoms with Crippen molar-refractivity contribution in [2.75, 3.05) is 0 Å². The summed E-state index contributed by atoms with van der Waals surface area (Å²) in [4.78, 5) is 0. The van der Waals surface area contributed by atoms with Crippen molar-refractivity contribution in [1.82, 2.24) is 0 Å². The molecular formula is C26H42Fe. The molecule has 0 aliphatic heterocycles. The molecule has 0 saturated carbocycles. The third-order valence-electron chi connectivity index (χ3n) is 5.01. The molecule has 0 aromatic carbocycles. The van der Waals surface area contributed by atoms with Crippen molar-refractivity contribution in [2.24, 2.45) is 33.5 Å². The van der Waals surface area contributed by atoms with Gasteiger partial charge in [-0.3, -0.25) is 12.2 Å². The van der Waals surface area contributed by atoms with Crippen molar-refractivity contribution in [3.05, 3.63) is 47.6 Å². The summed E-state index contributed by atoms with van der Waals surface area (Å²) < 4.78 is 0. The monoisotopic (exact) mass is 410 g/mol. The fraction of sp³-hybridized carbons (Fsp3) is 0.692. The first-order chi connectivity index (χ1) is 11.4. The quantitative estimate of drug-likeness (QED) is 0.280. The van der Waals surface area contributed by atoms with E-state index in [2.05, 4.69) is 120 Å². The molecule has 2 aliphatic rings. The van der Waals surface area contributed by atoms with E-state index >= 15 is 0 Å². The Balaban J connectivity index is 0.000000483. The van der Waals surface area contributed by atoms with Crippen LogP contribution in [0, 0.1) is 45.6 Å². The van der Waals surface area contributed by atoms with E-state index in [9.17, 15) is 0 Å². The van der Waals surface area contributed by atoms with Crippen LogP contribution < -0.4 is 0 Å². The van der Waals surface area contributed by atoms with Crippen molar-refractivity contribution in [3.63, 3.8) is 0 Å². The summed E-state index contributed by atoms with van der Waals surface area (Å²) in [7, 11) is 0. The van der Waals surface area contributed by atoms with Crippen LogP contribution in [0.1, 0.15) is 83.1 Å². The smallest absolute Gasteiger partial charge is 0.265 e. The Labute approximate surface area is 181 Å². The molecule has 0 fully saturated rings. The fourth-order valence-electron chi connectivity index (χ4n) is 2.86. The minimum atomic E-state index is 0. The Kier molecular flexibility index (Phi) is 8.70. The van der Waals surface area contributed by atoms with Crippen molar-refractivity contribution < 1.29 is 17.1 Å². The standard InChI is InChI=1S/2C13H21.Fe/c2*1-12(2,3)10-7-8-11(9-10)13(4,5)6;/h2*7-8,10H,1-6H3;/q2*-1;+2. The molecule has 2 aliphatic carbocycles. The molecule has 27 heavy (non-hydrogen) atoms. The third-order valence-corrected chi connectivity index (χ3v) is 5.01. The van der Waals surface area contributed by atoms with Gasteiger partial charge in [0.25, 0.3) is 0 Å². The Morgan fingerprint density at radius 3 is 0.926 bits per heavy atom. The van der Waals surface area contributed by atoms with Gasteiger partial charge in [0, 0.05) is 0 Å². The molecule has 0 saturated heterocycles. The Morgan fingerprint density at radius 2 is 0.815 bits per heavy atom. The molecule has 1 heteroatoms. The minimum Gasteiger partial charge on any atom is -0.265 e. The van der Waals surface area contributed by atoms with E-state index in [0.29, 0.717) is 22.7 Å². The molecule has 2 atom stereocenters. The van der Waals surface area contributed by atoms with E-state index in [4.69, 9.17) is 0 Å². The molecule has 0 nitrogen and oxygen atoms in total. The number of hydrogen-bond donors (Lipinski definition) is 0. The van der Waals surface area contributed by atoms with E-state index < -0.39 is 0 Å². The first-order valence-electron chi connectivity index (χ1n) is 10.1. The van der Waals surface area contributed by atoms with Crippen LogP contribution >= 0.6 is 0 Å². The second kappa shape index (κ2) is 8.87. The summed E-state index contributed by atoms with van der Waals surface area (Å²) in [5.41, 5.74) is 3.82. The van der Waals surface area contributed by atoms with Crippen LogP contribution in [-0.2, 0) is 17.1 Å². The second-order valence-electron chi connectivity index (χ2n) is 12.0. The molecule has 0 spiro atoms. The van der Waals surface area contributed by atoms with Crippen molar-refractivity contribution in [2.45, 2.75) is 83.1 Å². The van der Waals surface area contributed by atoms with Gasteiger partial charge in [-0.25, -0.2) is 23.3 Å². The van der Waals surface area contributed by atoms with Crippen LogP contribution in [0.3, 0.4) is 0 Å². The molecule has 0 bridgehead atoms. The molecule has 0 radical (unpaired) electrons. The molecule has 2 unspecified atom stereocenters. The summed E-state index contributed by atoms with van der Waals surface area (Å²) in [6.07, 6.45) is 16.2. The molecule has 0 aromatic heterocycles. The van der Waals surface area contributed by atoms with Crippen LogP contribution in [-0.4, -0.2) is 0 Å². The maximum Gasteiger partial charge on any atom is 2.00 e. The fourth-order valence-corrected chi connectivity index (χ4v) is 2.86. The van der Waals surface area contributed by atoms with Crippen molar-refractivity contribution in [3.8, 4) is 0 Å². The molecule has 0 N–H and O–H groups in total. The van der Waals surface area contributed by atoms with Gasteiger partial charge in [-0.2, -0.15) is 12.2 Å². The predicted molar refractivity (Wildman–Crippen MR) is 117 cm³/mol. The average molecular weight is 410 g/mol. The first kappa shape index (κ1) is 26.5. The van der Waals surface area contributed by atoms with E-state index in [1.54, 1.807) is 0 Å². The second-order valence-corrected chi connectivity index (χ2v) is 12.0. The summed E-state index contributed by atoms with van der Waals surface area (Å²) in [6, 6.07) is 0. The number of rotatable bonds is 0. The number of allylic oxidation sites excluding steroid dienone is 8. The van der Waals surface area contributed by atoms with Crippen LogP contribution in [0.15, 0.2) is 35.5 Å². The van der Waals surface area contributed by atoms with Gasteiger partial charge in [-0.1, -0.05) is 94.9 Å². The minimum absolute atomic E-state index is 0. The average Bonchev–Trinajstić information content (AvgIpc) is 3.06. The summed E-state index contributed by atoms with van der Waals surface area (Å²) in [6.45, 7) is 27.0. The first-order valence-corrected chi connectivity index (χ1v) is 10.1. The largest absolute Gasteiger partial charge is 2.00 e. The van der Waals surface area contributed by atoms with Crippen LogP contribution in [0.5, 0.6) is 0 Å². The third kappa shape index (κ3) is 8.16. The van der Waals surface area contributed by atoms with Gasteiger partial charge in [-0.15, -0.1) is 0 Å². The Bertz CT molecular complexity index is 543. The maximum atomic E-state index is 3.58. The predicted octanol–water partition coefficient (Wildman–Crippen LogP) is 7.99. The van der Waals surface area contributed by atoms with Gasteiger partial charge in [0.1, 0.15) is 0 Å². The van der Waals surface area contributed by atoms with Crippen molar-refractivity contribution >= 4 is 0 Å². The summed E-state index contributed by atoms with van der Waals surface area (Å²) >= 11 is 0. The van der Waals surface area contributed by atoms with E-state index in [0.717, 1.165) is 0 Å². The Hall–Kier alpha value is -0.521. The summed E-state index contributed by atoms with van der Waals surface area (Å²) in [5.74, 6) is 0.975. The van der Waals surface area contributed by atoms with Gasteiger partial charge < -0.3 is 0 Å². The van der Waals surface area contributed by atoms with Crippen LogP contribution in [0.2, 0.25) is 0 Å². The molecule has 0 heterocycles. The topological polar surface area (TPSA) is 0 Å². The van der Waals surface area contributed by atoms with Gasteiger partial charge in [0.15, 0.2) is 0 Å².